The Morgan fingerprint density at radius 3 is 2.37 bits per heavy atom. The van der Waals surface area contributed by atoms with Gasteiger partial charge in [0.15, 0.2) is 17.6 Å². The van der Waals surface area contributed by atoms with Crippen LogP contribution in [0.5, 0.6) is 11.5 Å². The van der Waals surface area contributed by atoms with Gasteiger partial charge in [-0.3, -0.25) is 4.79 Å². The Bertz CT molecular complexity index is 741. The molecule has 0 aliphatic carbocycles. The second kappa shape index (κ2) is 8.91. The van der Waals surface area contributed by atoms with Crippen LogP contribution in [-0.4, -0.2) is 38.9 Å². The minimum atomic E-state index is -0.617. The molecule has 27 heavy (non-hydrogen) atoms. The molecule has 5 nitrogen and oxygen atoms in total. The van der Waals surface area contributed by atoms with Crippen molar-refractivity contribution in [3.05, 3.63) is 60.2 Å². The van der Waals surface area contributed by atoms with Gasteiger partial charge in [0.25, 0.3) is 5.91 Å². The third-order valence-corrected chi connectivity index (χ3v) is 5.18. The fourth-order valence-corrected chi connectivity index (χ4v) is 3.48. The number of amides is 1. The zero-order valence-corrected chi connectivity index (χ0v) is 15.9. The highest BCUT2D eigenvalue weighted by Gasteiger charge is 2.35. The Labute approximate surface area is 160 Å². The largest absolute Gasteiger partial charge is 0.493 e. The van der Waals surface area contributed by atoms with Crippen molar-refractivity contribution < 1.29 is 19.0 Å². The van der Waals surface area contributed by atoms with Crippen LogP contribution < -0.4 is 14.8 Å². The normalized spacial score (nSPS) is 17.0. The molecule has 0 spiro atoms. The van der Waals surface area contributed by atoms with Crippen LogP contribution >= 0.6 is 0 Å². The summed E-state index contributed by atoms with van der Waals surface area (Å²) in [6.45, 7) is 3.73. The van der Waals surface area contributed by atoms with Crippen molar-refractivity contribution in [3.8, 4) is 11.5 Å². The molecular formula is C22H27NO4. The van der Waals surface area contributed by atoms with E-state index in [-0.39, 0.29) is 11.3 Å². The van der Waals surface area contributed by atoms with Crippen molar-refractivity contribution >= 4 is 5.91 Å². The summed E-state index contributed by atoms with van der Waals surface area (Å²) in [5.41, 5.74) is 1.14. The van der Waals surface area contributed by atoms with Crippen LogP contribution in [0.1, 0.15) is 25.3 Å². The summed E-state index contributed by atoms with van der Waals surface area (Å²) in [6, 6.07) is 17.7. The number of benzene rings is 2. The van der Waals surface area contributed by atoms with Gasteiger partial charge in [0, 0.05) is 25.2 Å². The fraction of sp³-hybridized carbons (Fsp3) is 0.409. The summed E-state index contributed by atoms with van der Waals surface area (Å²) < 4.78 is 16.7. The number of carbonyl (C=O) groups excluding carboxylic acids is 1. The van der Waals surface area contributed by atoms with Crippen LogP contribution in [0, 0.1) is 0 Å². The average molecular weight is 369 g/mol. The summed E-state index contributed by atoms with van der Waals surface area (Å²) in [5, 5.41) is 3.09. The number of ether oxygens (including phenoxy) is 3. The number of hydrogen-bond donors (Lipinski definition) is 1. The van der Waals surface area contributed by atoms with Gasteiger partial charge >= 0.3 is 0 Å². The van der Waals surface area contributed by atoms with Crippen molar-refractivity contribution in [1.29, 1.82) is 0 Å². The maximum absolute atomic E-state index is 12.7. The molecule has 3 rings (SSSR count). The smallest absolute Gasteiger partial charge is 0.260 e. The molecule has 1 heterocycles. The molecule has 1 atom stereocenters. The van der Waals surface area contributed by atoms with Gasteiger partial charge in [0.05, 0.1) is 7.11 Å². The zero-order valence-electron chi connectivity index (χ0n) is 15.9. The van der Waals surface area contributed by atoms with Crippen LogP contribution in [0.4, 0.5) is 0 Å². The zero-order chi connectivity index (χ0) is 19.1. The molecule has 0 aromatic heterocycles. The first-order chi connectivity index (χ1) is 13.1. The molecule has 1 saturated heterocycles. The molecule has 0 unspecified atom stereocenters. The van der Waals surface area contributed by atoms with Gasteiger partial charge in [0.2, 0.25) is 0 Å². The highest BCUT2D eigenvalue weighted by molar-refractivity contribution is 5.81. The number of rotatable bonds is 7. The van der Waals surface area contributed by atoms with E-state index in [1.54, 1.807) is 20.1 Å². The quantitative estimate of drug-likeness (QED) is 0.813. The monoisotopic (exact) mass is 369 g/mol. The van der Waals surface area contributed by atoms with Gasteiger partial charge in [-0.2, -0.15) is 0 Å². The van der Waals surface area contributed by atoms with E-state index in [9.17, 15) is 4.79 Å². The standard InChI is InChI=1S/C22H27NO4/c1-17(27-20-11-7-6-10-19(20)25-2)21(24)23-16-22(12-14-26-15-13-22)18-8-4-3-5-9-18/h3-11,17H,12-16H2,1-2H3,(H,23,24)/t17-/m0/s1. The van der Waals surface area contributed by atoms with Gasteiger partial charge in [-0.1, -0.05) is 42.5 Å². The van der Waals surface area contributed by atoms with Gasteiger partial charge in [-0.25, -0.2) is 0 Å². The van der Waals surface area contributed by atoms with Crippen LogP contribution in [0.2, 0.25) is 0 Å². The maximum atomic E-state index is 12.7. The van der Waals surface area contributed by atoms with Gasteiger partial charge in [-0.15, -0.1) is 0 Å². The van der Waals surface area contributed by atoms with Crippen LogP contribution in [-0.2, 0) is 14.9 Å². The second-order valence-electron chi connectivity index (χ2n) is 6.89. The van der Waals surface area contributed by atoms with Crippen molar-refractivity contribution in [3.63, 3.8) is 0 Å². The molecule has 1 fully saturated rings. The summed E-state index contributed by atoms with van der Waals surface area (Å²) >= 11 is 0. The van der Waals surface area contributed by atoms with E-state index in [1.165, 1.54) is 5.56 Å². The summed E-state index contributed by atoms with van der Waals surface area (Å²) in [7, 11) is 1.59. The van der Waals surface area contributed by atoms with Crippen LogP contribution in [0.3, 0.4) is 0 Å². The van der Waals surface area contributed by atoms with E-state index in [1.807, 2.05) is 36.4 Å². The molecule has 1 N–H and O–H groups in total. The second-order valence-corrected chi connectivity index (χ2v) is 6.89. The summed E-state index contributed by atoms with van der Waals surface area (Å²) in [6.07, 6.45) is 1.16. The topological polar surface area (TPSA) is 56.8 Å². The molecule has 144 valence electrons. The molecule has 0 saturated carbocycles. The average Bonchev–Trinajstić information content (AvgIpc) is 2.73. The first kappa shape index (κ1) is 19.2. The molecule has 2 aromatic rings. The number of methoxy groups -OCH3 is 1. The highest BCUT2D eigenvalue weighted by Crippen LogP contribution is 2.34. The molecular weight excluding hydrogens is 342 g/mol. The van der Waals surface area contributed by atoms with Crippen molar-refractivity contribution in [2.75, 3.05) is 26.9 Å². The Balaban J connectivity index is 1.65. The van der Waals surface area contributed by atoms with Gasteiger partial charge in [-0.05, 0) is 37.5 Å². The van der Waals surface area contributed by atoms with Crippen molar-refractivity contribution in [1.82, 2.24) is 5.32 Å². The number of para-hydroxylation sites is 2. The fourth-order valence-electron chi connectivity index (χ4n) is 3.48. The minimum Gasteiger partial charge on any atom is -0.493 e. The van der Waals surface area contributed by atoms with E-state index in [0.29, 0.717) is 31.3 Å². The molecule has 2 aromatic carbocycles. The molecule has 1 aliphatic heterocycles. The van der Waals surface area contributed by atoms with E-state index in [2.05, 4.69) is 17.4 Å². The van der Waals surface area contributed by atoms with E-state index in [4.69, 9.17) is 14.2 Å². The number of carbonyl (C=O) groups is 1. The molecule has 5 heteroatoms. The lowest BCUT2D eigenvalue weighted by Gasteiger charge is -2.38. The lowest BCUT2D eigenvalue weighted by molar-refractivity contribution is -0.127. The Hall–Kier alpha value is -2.53. The number of nitrogens with one attached hydrogen (secondary N) is 1. The maximum Gasteiger partial charge on any atom is 0.260 e. The molecule has 0 radical (unpaired) electrons. The lowest BCUT2D eigenvalue weighted by atomic mass is 9.74. The Kier molecular flexibility index (Phi) is 6.35. The van der Waals surface area contributed by atoms with E-state index < -0.39 is 6.10 Å². The Morgan fingerprint density at radius 2 is 1.70 bits per heavy atom. The summed E-state index contributed by atoms with van der Waals surface area (Å²) in [4.78, 5) is 12.7. The van der Waals surface area contributed by atoms with E-state index >= 15 is 0 Å². The third-order valence-electron chi connectivity index (χ3n) is 5.18. The number of hydrogen-bond acceptors (Lipinski definition) is 4. The van der Waals surface area contributed by atoms with Crippen molar-refractivity contribution in [2.45, 2.75) is 31.3 Å². The highest BCUT2D eigenvalue weighted by atomic mass is 16.5. The molecule has 0 bridgehead atoms. The Morgan fingerprint density at radius 1 is 1.07 bits per heavy atom. The van der Waals surface area contributed by atoms with Gasteiger partial charge < -0.3 is 19.5 Å². The minimum absolute atomic E-state index is 0.0979. The SMILES string of the molecule is COc1ccccc1O[C@@H](C)C(=O)NCC1(c2ccccc2)CCOCC1. The molecule has 1 amide bonds. The first-order valence-electron chi connectivity index (χ1n) is 9.35. The molecule has 1 aliphatic rings. The van der Waals surface area contributed by atoms with Crippen LogP contribution in [0.15, 0.2) is 54.6 Å². The van der Waals surface area contributed by atoms with Crippen LogP contribution in [0.25, 0.3) is 0 Å². The van der Waals surface area contributed by atoms with E-state index in [0.717, 1.165) is 12.8 Å². The lowest BCUT2D eigenvalue weighted by Crippen LogP contribution is -2.47. The van der Waals surface area contributed by atoms with Gasteiger partial charge in [0.1, 0.15) is 0 Å². The van der Waals surface area contributed by atoms with Crippen molar-refractivity contribution in [2.24, 2.45) is 0 Å². The predicted molar refractivity (Wildman–Crippen MR) is 104 cm³/mol. The first-order valence-corrected chi connectivity index (χ1v) is 9.35. The third kappa shape index (κ3) is 4.61. The predicted octanol–water partition coefficient (Wildman–Crippen LogP) is 3.33. The summed E-state index contributed by atoms with van der Waals surface area (Å²) in [5.74, 6) is 1.04.